The summed E-state index contributed by atoms with van der Waals surface area (Å²) < 4.78 is 94.6. The van der Waals surface area contributed by atoms with Gasteiger partial charge in [0.05, 0.1) is 30.4 Å². The topological polar surface area (TPSA) is 56.7 Å². The fourth-order valence-corrected chi connectivity index (χ4v) is 7.40. The third kappa shape index (κ3) is 4.33. The summed E-state index contributed by atoms with van der Waals surface area (Å²) in [5.41, 5.74) is 3.22. The summed E-state index contributed by atoms with van der Waals surface area (Å²) in [4.78, 5) is 14.2. The smallest absolute Gasteiger partial charge is 0.164 e. The highest BCUT2D eigenvalue weighted by Crippen LogP contribution is 2.43. The van der Waals surface area contributed by atoms with E-state index in [4.69, 9.17) is 28.1 Å². The first kappa shape index (κ1) is 20.5. The van der Waals surface area contributed by atoms with E-state index in [1.54, 1.807) is 0 Å². The number of aromatic nitrogens is 4. The lowest BCUT2D eigenvalue weighted by Crippen LogP contribution is -2.01. The Labute approximate surface area is 312 Å². The monoisotopic (exact) mass is 674 g/mol. The Hall–Kier alpha value is -7.11. The van der Waals surface area contributed by atoms with E-state index in [1.807, 2.05) is 60.7 Å². The molecule has 0 bridgehead atoms. The van der Waals surface area contributed by atoms with Crippen molar-refractivity contribution in [3.63, 3.8) is 0 Å². The van der Waals surface area contributed by atoms with Crippen LogP contribution in [0.25, 0.3) is 105 Å². The zero-order valence-corrected chi connectivity index (χ0v) is 27.1. The van der Waals surface area contributed by atoms with Crippen molar-refractivity contribution >= 4 is 65.3 Å². The van der Waals surface area contributed by atoms with Crippen LogP contribution in [0.5, 0.6) is 0 Å². The number of fused-ring (bicyclic) bond motifs is 10. The van der Waals surface area contributed by atoms with Crippen molar-refractivity contribution in [2.75, 3.05) is 0 Å². The minimum absolute atomic E-state index is 0.0573. The largest absolute Gasteiger partial charge is 0.456 e. The highest BCUT2D eigenvalue weighted by atomic mass is 16.3. The van der Waals surface area contributed by atoms with Crippen LogP contribution >= 0.6 is 0 Å². The predicted molar refractivity (Wildman–Crippen MR) is 213 cm³/mol. The summed E-state index contributed by atoms with van der Waals surface area (Å²) in [5.74, 6) is -0.762. The molecule has 0 atom stereocenters. The van der Waals surface area contributed by atoms with Crippen LogP contribution in [0, 0.1) is 0 Å². The fraction of sp³-hybridized carbons (Fsp3) is 0. The maximum Gasteiger partial charge on any atom is 0.164 e. The van der Waals surface area contributed by atoms with Gasteiger partial charge in [-0.05, 0) is 34.4 Å². The SMILES string of the molecule is [2H]c1c([2H])c([2H])c(-c2nc(-c3c([2H])c([2H])c([2H])c([2H])c3[2H])nc(-c3cc(-n4c5ccc6ccccc6c5c5ccc6ccccc6c54)cc4oc5ccccc5c34)n2)c([2H])c1[2H]. The molecular formula is C47H28N4O. The Morgan fingerprint density at radius 1 is 0.481 bits per heavy atom. The van der Waals surface area contributed by atoms with Gasteiger partial charge in [0.1, 0.15) is 11.2 Å². The molecule has 11 rings (SSSR count). The molecule has 3 aromatic heterocycles. The van der Waals surface area contributed by atoms with E-state index in [1.165, 1.54) is 0 Å². The highest BCUT2D eigenvalue weighted by molar-refractivity contribution is 6.26. The summed E-state index contributed by atoms with van der Waals surface area (Å²) in [6.45, 7) is 0. The van der Waals surface area contributed by atoms with Gasteiger partial charge in [-0.3, -0.25) is 0 Å². The first-order valence-corrected chi connectivity index (χ1v) is 16.6. The van der Waals surface area contributed by atoms with Crippen LogP contribution < -0.4 is 0 Å². The molecule has 11 aromatic rings. The molecule has 5 heteroatoms. The normalized spacial score (nSPS) is 14.5. The second kappa shape index (κ2) is 11.2. The number of hydrogen-bond donors (Lipinski definition) is 0. The molecule has 0 aliphatic rings. The van der Waals surface area contributed by atoms with Crippen molar-refractivity contribution in [2.45, 2.75) is 0 Å². The number of furan rings is 1. The van der Waals surface area contributed by atoms with E-state index in [0.717, 1.165) is 43.4 Å². The predicted octanol–water partition coefficient (Wildman–Crippen LogP) is 12.2. The Morgan fingerprint density at radius 2 is 1.08 bits per heavy atom. The van der Waals surface area contributed by atoms with Crippen molar-refractivity contribution in [3.05, 3.63) is 170 Å². The van der Waals surface area contributed by atoms with Gasteiger partial charge in [0.15, 0.2) is 17.5 Å². The molecule has 3 heterocycles. The van der Waals surface area contributed by atoms with Crippen molar-refractivity contribution in [3.8, 4) is 39.9 Å². The minimum Gasteiger partial charge on any atom is -0.456 e. The minimum atomic E-state index is -0.622. The maximum atomic E-state index is 8.87. The molecule has 52 heavy (non-hydrogen) atoms. The van der Waals surface area contributed by atoms with Crippen molar-refractivity contribution in [1.29, 1.82) is 0 Å². The Balaban J connectivity index is 1.31. The summed E-state index contributed by atoms with van der Waals surface area (Å²) in [5, 5.41) is 7.54. The lowest BCUT2D eigenvalue weighted by atomic mass is 10.0. The summed E-state index contributed by atoms with van der Waals surface area (Å²) in [6, 6.07) is 30.0. The first-order valence-electron chi connectivity index (χ1n) is 21.6. The van der Waals surface area contributed by atoms with Crippen LogP contribution in [0.15, 0.2) is 174 Å². The molecule has 0 fully saturated rings. The van der Waals surface area contributed by atoms with E-state index in [-0.39, 0.29) is 28.6 Å². The Kier molecular flexibility index (Phi) is 4.42. The Morgan fingerprint density at radius 3 is 1.81 bits per heavy atom. The molecule has 0 saturated heterocycles. The standard InChI is InChI=1S/C47H28N4O/c1-3-15-31(16-4-1)45-48-46(32-17-5-2-6-18-32)50-47(49-45)38-27-33(28-41-43(38)36-21-11-12-22-40(36)52-41)51-39-26-24-29-13-7-9-19-34(29)42(39)37-25-23-30-14-8-10-20-35(30)44(37)51/h1-28H/i1D,2D,3D,4D,5D,6D,15D,16D,17D,18D. The molecule has 0 aliphatic carbocycles. The lowest BCUT2D eigenvalue weighted by molar-refractivity contribution is 0.668. The van der Waals surface area contributed by atoms with Gasteiger partial charge >= 0.3 is 0 Å². The van der Waals surface area contributed by atoms with E-state index in [9.17, 15) is 0 Å². The van der Waals surface area contributed by atoms with Gasteiger partial charge in [-0.2, -0.15) is 0 Å². The first-order chi connectivity index (χ1) is 29.9. The van der Waals surface area contributed by atoms with Gasteiger partial charge < -0.3 is 8.98 Å². The summed E-state index contributed by atoms with van der Waals surface area (Å²) in [7, 11) is 0. The van der Waals surface area contributed by atoms with Crippen LogP contribution in [0.1, 0.15) is 13.7 Å². The fourth-order valence-electron chi connectivity index (χ4n) is 7.40. The van der Waals surface area contributed by atoms with Gasteiger partial charge in [0, 0.05) is 49.7 Å². The van der Waals surface area contributed by atoms with E-state index in [2.05, 4.69) is 58.1 Å². The van der Waals surface area contributed by atoms with Gasteiger partial charge in [-0.15, -0.1) is 0 Å². The van der Waals surface area contributed by atoms with E-state index < -0.39 is 60.4 Å². The Bertz CT molecular complexity index is 3640. The van der Waals surface area contributed by atoms with Gasteiger partial charge in [0.2, 0.25) is 0 Å². The van der Waals surface area contributed by atoms with Crippen molar-refractivity contribution < 1.29 is 18.1 Å². The molecule has 0 aliphatic heterocycles. The van der Waals surface area contributed by atoms with Crippen LogP contribution in [0.3, 0.4) is 0 Å². The molecule has 242 valence electrons. The second-order valence-corrected chi connectivity index (χ2v) is 12.5. The lowest BCUT2D eigenvalue weighted by Gasteiger charge is -2.14. The molecule has 0 radical (unpaired) electrons. The third-order valence-corrected chi connectivity index (χ3v) is 9.59. The van der Waals surface area contributed by atoms with Crippen LogP contribution in [0.2, 0.25) is 0 Å². The van der Waals surface area contributed by atoms with E-state index in [0.29, 0.717) is 33.2 Å². The molecule has 8 aromatic carbocycles. The average Bonchev–Trinajstić information content (AvgIpc) is 3.85. The molecule has 5 nitrogen and oxygen atoms in total. The molecular weight excluding hydrogens is 637 g/mol. The van der Waals surface area contributed by atoms with Gasteiger partial charge in [-0.1, -0.05) is 145 Å². The molecule has 0 saturated carbocycles. The average molecular weight is 675 g/mol. The second-order valence-electron chi connectivity index (χ2n) is 12.5. The molecule has 0 unspecified atom stereocenters. The summed E-state index contributed by atoms with van der Waals surface area (Å²) >= 11 is 0. The maximum absolute atomic E-state index is 8.87. The third-order valence-electron chi connectivity index (χ3n) is 9.59. The van der Waals surface area contributed by atoms with Crippen molar-refractivity contribution in [2.24, 2.45) is 0 Å². The highest BCUT2D eigenvalue weighted by Gasteiger charge is 2.23. The molecule has 0 spiro atoms. The van der Waals surface area contributed by atoms with Crippen molar-refractivity contribution in [1.82, 2.24) is 19.5 Å². The number of hydrogen-bond acceptors (Lipinski definition) is 4. The van der Waals surface area contributed by atoms with Gasteiger partial charge in [-0.25, -0.2) is 15.0 Å². The van der Waals surface area contributed by atoms with Crippen LogP contribution in [0.4, 0.5) is 0 Å². The van der Waals surface area contributed by atoms with E-state index >= 15 is 0 Å². The summed E-state index contributed by atoms with van der Waals surface area (Å²) in [6.07, 6.45) is 0. The number of rotatable bonds is 4. The molecule has 0 amide bonds. The number of nitrogens with zero attached hydrogens (tertiary/aromatic N) is 4. The quantitative estimate of drug-likeness (QED) is 0.186. The van der Waals surface area contributed by atoms with Crippen LogP contribution in [-0.2, 0) is 0 Å². The molecule has 0 N–H and O–H groups in total. The zero-order valence-electron chi connectivity index (χ0n) is 37.1. The zero-order chi connectivity index (χ0) is 42.9. The number of benzene rings is 8. The van der Waals surface area contributed by atoms with Crippen LogP contribution in [-0.4, -0.2) is 19.5 Å². The van der Waals surface area contributed by atoms with Gasteiger partial charge in [0.25, 0.3) is 0 Å². The number of para-hydroxylation sites is 1.